The van der Waals surface area contributed by atoms with E-state index >= 15 is 0 Å². The first-order valence-corrected chi connectivity index (χ1v) is 11.8. The Labute approximate surface area is 199 Å². The summed E-state index contributed by atoms with van der Waals surface area (Å²) in [7, 11) is 0. The molecule has 1 aromatic heterocycles. The average Bonchev–Trinajstić information content (AvgIpc) is 3.36. The number of rotatable bonds is 5. The van der Waals surface area contributed by atoms with Crippen LogP contribution in [0.15, 0.2) is 60.7 Å². The Bertz CT molecular complexity index is 1150. The summed E-state index contributed by atoms with van der Waals surface area (Å²) in [5.74, 6) is -0.378. The van der Waals surface area contributed by atoms with Crippen LogP contribution in [0.25, 0.3) is 17.1 Å². The Morgan fingerprint density at radius 3 is 2.38 bits per heavy atom. The van der Waals surface area contributed by atoms with Crippen LogP contribution in [0.3, 0.4) is 0 Å². The van der Waals surface area contributed by atoms with Gasteiger partial charge in [-0.2, -0.15) is 0 Å². The summed E-state index contributed by atoms with van der Waals surface area (Å²) in [5.41, 5.74) is 1.95. The van der Waals surface area contributed by atoms with Gasteiger partial charge >= 0.3 is 5.97 Å². The molecule has 5 rings (SSSR count). The maximum absolute atomic E-state index is 13.0. The number of amides is 1. The van der Waals surface area contributed by atoms with E-state index in [0.717, 1.165) is 37.1 Å². The molecule has 0 spiro atoms. The van der Waals surface area contributed by atoms with Crippen molar-refractivity contribution in [3.63, 3.8) is 0 Å². The van der Waals surface area contributed by atoms with Crippen LogP contribution in [0.4, 0.5) is 0 Å². The van der Waals surface area contributed by atoms with Crippen molar-refractivity contribution in [1.29, 1.82) is 0 Å². The lowest BCUT2D eigenvalue weighted by Crippen LogP contribution is -2.39. The van der Waals surface area contributed by atoms with Gasteiger partial charge in [0.1, 0.15) is 0 Å². The molecule has 1 saturated carbocycles. The first-order valence-electron chi connectivity index (χ1n) is 11.8. The van der Waals surface area contributed by atoms with Crippen LogP contribution in [0, 0.1) is 10.8 Å². The summed E-state index contributed by atoms with van der Waals surface area (Å²) in [4.78, 5) is 32.2. The van der Waals surface area contributed by atoms with Gasteiger partial charge in [-0.15, -0.1) is 5.10 Å². The van der Waals surface area contributed by atoms with Crippen molar-refractivity contribution in [2.45, 2.75) is 46.1 Å². The molecule has 1 amide bonds. The van der Waals surface area contributed by atoms with E-state index in [0.29, 0.717) is 5.82 Å². The van der Waals surface area contributed by atoms with Crippen molar-refractivity contribution in [2.75, 3.05) is 13.2 Å². The van der Waals surface area contributed by atoms with E-state index in [4.69, 9.17) is 4.74 Å². The fourth-order valence-electron chi connectivity index (χ4n) is 5.95. The number of benzene rings is 2. The smallest absolute Gasteiger partial charge is 0.378 e. The van der Waals surface area contributed by atoms with Crippen LogP contribution < -0.4 is 0 Å². The zero-order valence-electron chi connectivity index (χ0n) is 19.9. The number of para-hydroxylation sites is 1. The molecule has 7 nitrogen and oxygen atoms in total. The van der Waals surface area contributed by atoms with Gasteiger partial charge in [-0.1, -0.05) is 69.3 Å². The van der Waals surface area contributed by atoms with Gasteiger partial charge in [0.25, 0.3) is 11.7 Å². The zero-order valence-corrected chi connectivity index (χ0v) is 19.9. The van der Waals surface area contributed by atoms with Crippen molar-refractivity contribution < 1.29 is 14.3 Å². The maximum Gasteiger partial charge on any atom is 0.378 e. The van der Waals surface area contributed by atoms with E-state index in [1.807, 2.05) is 65.6 Å². The van der Waals surface area contributed by atoms with Crippen LogP contribution >= 0.6 is 0 Å². The summed E-state index contributed by atoms with van der Waals surface area (Å²) in [6, 6.07) is 19.3. The molecule has 2 heterocycles. The van der Waals surface area contributed by atoms with Gasteiger partial charge in [0.05, 0.1) is 5.69 Å². The molecule has 2 bridgehead atoms. The van der Waals surface area contributed by atoms with Crippen LogP contribution in [0.2, 0.25) is 0 Å². The molecule has 1 aliphatic heterocycles. The fraction of sp³-hybridized carbons (Fsp3) is 0.407. The summed E-state index contributed by atoms with van der Waals surface area (Å²) >= 11 is 0. The maximum atomic E-state index is 13.0. The highest BCUT2D eigenvalue weighted by atomic mass is 16.5. The molecule has 1 saturated heterocycles. The Balaban J connectivity index is 1.33. The molecular formula is C27H30N4O3. The van der Waals surface area contributed by atoms with Crippen LogP contribution in [0.1, 0.15) is 50.7 Å². The van der Waals surface area contributed by atoms with Crippen molar-refractivity contribution in [2.24, 2.45) is 10.8 Å². The van der Waals surface area contributed by atoms with Crippen molar-refractivity contribution in [1.82, 2.24) is 19.7 Å². The van der Waals surface area contributed by atoms with Gasteiger partial charge in [-0.05, 0) is 42.2 Å². The normalized spacial score (nSPS) is 23.0. The van der Waals surface area contributed by atoms with E-state index in [-0.39, 0.29) is 35.2 Å². The molecule has 3 aromatic rings. The number of fused-ring (bicyclic) bond motifs is 2. The molecule has 0 unspecified atom stereocenters. The first kappa shape index (κ1) is 22.3. The summed E-state index contributed by atoms with van der Waals surface area (Å²) in [5, 5.41) is 4.42. The number of nitrogens with zero attached hydrogens (tertiary/aromatic N) is 4. The number of ether oxygens (including phenoxy) is 1. The number of carbonyl (C=O) groups is 2. The SMILES string of the molecule is CC1(C)C[C@@H]2C[C@@](C)(CN2C(=O)COC(=O)c2nc(-c3ccccc3)n(-c3ccccc3)n2)C1. The predicted octanol–water partition coefficient (Wildman–Crippen LogP) is 4.52. The predicted molar refractivity (Wildman–Crippen MR) is 128 cm³/mol. The van der Waals surface area contributed by atoms with Crippen LogP contribution in [0.5, 0.6) is 0 Å². The van der Waals surface area contributed by atoms with E-state index in [2.05, 4.69) is 30.9 Å². The average molecular weight is 459 g/mol. The molecule has 2 aromatic carbocycles. The van der Waals surface area contributed by atoms with Gasteiger partial charge in [0.2, 0.25) is 0 Å². The minimum atomic E-state index is -0.700. The lowest BCUT2D eigenvalue weighted by molar-refractivity contribution is -0.135. The van der Waals surface area contributed by atoms with Gasteiger partial charge < -0.3 is 9.64 Å². The Morgan fingerprint density at radius 1 is 1.00 bits per heavy atom. The number of carbonyl (C=O) groups excluding carboxylic acids is 2. The molecule has 7 heteroatoms. The van der Waals surface area contributed by atoms with Gasteiger partial charge in [-0.3, -0.25) is 4.79 Å². The monoisotopic (exact) mass is 458 g/mol. The first-order chi connectivity index (χ1) is 16.2. The standard InChI is InChI=1S/C27H30N4O3/c1-26(2)14-21-15-27(3,17-26)18-30(21)22(32)16-34-25(33)23-28-24(19-10-6-4-7-11-19)31(29-23)20-12-8-5-9-13-20/h4-13,21H,14-18H2,1-3H3/t21-,27-/m1/s1. The lowest BCUT2D eigenvalue weighted by atomic mass is 9.65. The second kappa shape index (κ2) is 8.38. The molecular weight excluding hydrogens is 428 g/mol. The Kier molecular flexibility index (Phi) is 5.50. The second-order valence-corrected chi connectivity index (χ2v) is 10.7. The van der Waals surface area contributed by atoms with E-state index in [1.165, 1.54) is 0 Å². The molecule has 34 heavy (non-hydrogen) atoms. The molecule has 0 radical (unpaired) electrons. The number of hydrogen-bond donors (Lipinski definition) is 0. The molecule has 176 valence electrons. The van der Waals surface area contributed by atoms with E-state index in [1.54, 1.807) is 4.68 Å². The Hall–Kier alpha value is -3.48. The number of likely N-dealkylation sites (tertiary alicyclic amines) is 1. The highest BCUT2D eigenvalue weighted by Crippen LogP contribution is 2.52. The Morgan fingerprint density at radius 2 is 1.68 bits per heavy atom. The third-order valence-electron chi connectivity index (χ3n) is 6.88. The number of esters is 1. The minimum Gasteiger partial charge on any atom is -0.450 e. The molecule has 0 N–H and O–H groups in total. The van der Waals surface area contributed by atoms with Crippen molar-refractivity contribution >= 4 is 11.9 Å². The summed E-state index contributed by atoms with van der Waals surface area (Å²) in [6.07, 6.45) is 3.09. The van der Waals surface area contributed by atoms with Crippen LogP contribution in [-0.4, -0.2) is 50.7 Å². The van der Waals surface area contributed by atoms with Gasteiger partial charge in [0, 0.05) is 18.2 Å². The van der Waals surface area contributed by atoms with Gasteiger partial charge in [-0.25, -0.2) is 14.5 Å². The van der Waals surface area contributed by atoms with Crippen LogP contribution in [-0.2, 0) is 9.53 Å². The molecule has 2 atom stereocenters. The van der Waals surface area contributed by atoms with E-state index in [9.17, 15) is 9.59 Å². The van der Waals surface area contributed by atoms with E-state index < -0.39 is 5.97 Å². The lowest BCUT2D eigenvalue weighted by Gasteiger charge is -2.39. The fourth-order valence-corrected chi connectivity index (χ4v) is 5.95. The third-order valence-corrected chi connectivity index (χ3v) is 6.88. The third kappa shape index (κ3) is 4.34. The van der Waals surface area contributed by atoms with Crippen molar-refractivity contribution in [3.8, 4) is 17.1 Å². The zero-order chi connectivity index (χ0) is 23.9. The summed E-state index contributed by atoms with van der Waals surface area (Å²) in [6.45, 7) is 7.21. The second-order valence-electron chi connectivity index (χ2n) is 10.7. The minimum absolute atomic E-state index is 0.0660. The largest absolute Gasteiger partial charge is 0.450 e. The molecule has 1 aliphatic carbocycles. The molecule has 2 fully saturated rings. The highest BCUT2D eigenvalue weighted by molar-refractivity contribution is 5.88. The molecule has 2 aliphatic rings. The number of hydrogen-bond acceptors (Lipinski definition) is 5. The highest BCUT2D eigenvalue weighted by Gasteiger charge is 2.51. The van der Waals surface area contributed by atoms with Crippen molar-refractivity contribution in [3.05, 3.63) is 66.5 Å². The van der Waals surface area contributed by atoms with Gasteiger partial charge in [0.15, 0.2) is 12.4 Å². The topological polar surface area (TPSA) is 77.3 Å². The summed E-state index contributed by atoms with van der Waals surface area (Å²) < 4.78 is 7.03. The number of aromatic nitrogens is 3. The quantitative estimate of drug-likeness (QED) is 0.526.